The van der Waals surface area contributed by atoms with E-state index in [9.17, 15) is 4.79 Å². The topological polar surface area (TPSA) is 81.9 Å². The number of nitrogens with zero attached hydrogens (tertiary/aromatic N) is 4. The molecule has 9 heteroatoms. The Balaban J connectivity index is 1.61. The third-order valence-corrected chi connectivity index (χ3v) is 6.25. The Labute approximate surface area is 201 Å². The first-order valence-corrected chi connectivity index (χ1v) is 11.5. The zero-order valence-corrected chi connectivity index (χ0v) is 19.9. The van der Waals surface area contributed by atoms with Crippen LogP contribution in [0.15, 0.2) is 66.1 Å². The second-order valence-corrected chi connectivity index (χ2v) is 8.71. The molecule has 0 aliphatic rings. The van der Waals surface area contributed by atoms with E-state index in [1.165, 1.54) is 17.3 Å². The van der Waals surface area contributed by atoms with E-state index in [1.54, 1.807) is 37.7 Å². The number of anilines is 1. The fraction of sp³-hybridized carbons (Fsp3) is 0.167. The molecule has 0 saturated carbocycles. The van der Waals surface area contributed by atoms with Crippen LogP contribution in [-0.4, -0.2) is 38.5 Å². The fourth-order valence-electron chi connectivity index (χ4n) is 3.24. The third kappa shape index (κ3) is 5.18. The number of ether oxygens (including phenoxy) is 1. The maximum atomic E-state index is 12.7. The summed E-state index contributed by atoms with van der Waals surface area (Å²) in [5.74, 6) is 1.14. The first-order valence-electron chi connectivity index (χ1n) is 10.2. The molecule has 168 valence electrons. The molecule has 1 N–H and O–H groups in total. The highest BCUT2D eigenvalue weighted by Gasteiger charge is 2.18. The number of halogens is 1. The summed E-state index contributed by atoms with van der Waals surface area (Å²) in [4.78, 5) is 16.8. The molecule has 33 heavy (non-hydrogen) atoms. The number of nitrogens with one attached hydrogen (secondary N) is 1. The Morgan fingerprint density at radius 1 is 1.06 bits per heavy atom. The molecule has 0 aliphatic heterocycles. The van der Waals surface area contributed by atoms with Crippen LogP contribution in [0.1, 0.15) is 11.1 Å². The van der Waals surface area contributed by atoms with Gasteiger partial charge in [0.15, 0.2) is 11.0 Å². The van der Waals surface area contributed by atoms with Crippen molar-refractivity contribution in [1.82, 2.24) is 19.7 Å². The van der Waals surface area contributed by atoms with E-state index in [0.717, 1.165) is 16.8 Å². The van der Waals surface area contributed by atoms with Crippen LogP contribution in [0.3, 0.4) is 0 Å². The average Bonchev–Trinajstić information content (AvgIpc) is 3.24. The van der Waals surface area contributed by atoms with Gasteiger partial charge in [0.1, 0.15) is 5.75 Å². The molecule has 0 saturated heterocycles. The number of benzene rings is 2. The normalized spacial score (nSPS) is 10.8. The third-order valence-electron chi connectivity index (χ3n) is 5.09. The molecule has 0 fully saturated rings. The lowest BCUT2D eigenvalue weighted by atomic mass is 10.1. The van der Waals surface area contributed by atoms with E-state index in [1.807, 2.05) is 22.8 Å². The van der Waals surface area contributed by atoms with Crippen LogP contribution in [-0.2, 0) is 4.79 Å². The van der Waals surface area contributed by atoms with Crippen molar-refractivity contribution in [2.75, 3.05) is 18.2 Å². The number of aromatic nitrogens is 4. The number of hydrogen-bond donors (Lipinski definition) is 1. The molecule has 2 heterocycles. The Morgan fingerprint density at radius 3 is 2.58 bits per heavy atom. The van der Waals surface area contributed by atoms with Crippen molar-refractivity contribution in [3.63, 3.8) is 0 Å². The number of amides is 1. The van der Waals surface area contributed by atoms with Gasteiger partial charge in [-0.25, -0.2) is 0 Å². The smallest absolute Gasteiger partial charge is 0.234 e. The van der Waals surface area contributed by atoms with Gasteiger partial charge >= 0.3 is 0 Å². The first kappa shape index (κ1) is 22.8. The molecule has 4 aromatic rings. The van der Waals surface area contributed by atoms with Gasteiger partial charge in [0.2, 0.25) is 5.91 Å². The molecule has 2 aromatic carbocycles. The zero-order valence-electron chi connectivity index (χ0n) is 18.4. The summed E-state index contributed by atoms with van der Waals surface area (Å²) in [5.41, 5.74) is 4.68. The Bertz CT molecular complexity index is 1290. The minimum Gasteiger partial charge on any atom is -0.495 e. The van der Waals surface area contributed by atoms with E-state index >= 15 is 0 Å². The van der Waals surface area contributed by atoms with Crippen molar-refractivity contribution in [3.8, 4) is 22.8 Å². The van der Waals surface area contributed by atoms with Crippen LogP contribution < -0.4 is 10.1 Å². The van der Waals surface area contributed by atoms with E-state index in [2.05, 4.69) is 46.5 Å². The summed E-state index contributed by atoms with van der Waals surface area (Å²) >= 11 is 7.37. The van der Waals surface area contributed by atoms with Gasteiger partial charge in [-0.15, -0.1) is 10.2 Å². The lowest BCUT2D eigenvalue weighted by Gasteiger charge is -2.13. The molecule has 1 amide bonds. The predicted octanol–water partition coefficient (Wildman–Crippen LogP) is 5.34. The minimum absolute atomic E-state index is 0.134. The molecule has 0 bridgehead atoms. The highest BCUT2D eigenvalue weighted by Crippen LogP contribution is 2.30. The lowest BCUT2D eigenvalue weighted by Crippen LogP contribution is -2.15. The van der Waals surface area contributed by atoms with Crippen LogP contribution in [0.4, 0.5) is 5.69 Å². The van der Waals surface area contributed by atoms with Crippen LogP contribution in [0.2, 0.25) is 5.02 Å². The quantitative estimate of drug-likeness (QED) is 0.360. The van der Waals surface area contributed by atoms with Gasteiger partial charge in [0.25, 0.3) is 0 Å². The van der Waals surface area contributed by atoms with Gasteiger partial charge in [-0.3, -0.25) is 14.3 Å². The van der Waals surface area contributed by atoms with Gasteiger partial charge in [-0.1, -0.05) is 29.4 Å². The van der Waals surface area contributed by atoms with Crippen molar-refractivity contribution in [3.05, 3.63) is 77.1 Å². The maximum Gasteiger partial charge on any atom is 0.234 e. The summed E-state index contributed by atoms with van der Waals surface area (Å²) in [6.07, 6.45) is 3.43. The molecule has 0 spiro atoms. The lowest BCUT2D eigenvalue weighted by molar-refractivity contribution is -0.113. The van der Waals surface area contributed by atoms with E-state index in [0.29, 0.717) is 27.4 Å². The van der Waals surface area contributed by atoms with Crippen LogP contribution in [0.5, 0.6) is 5.75 Å². The molecule has 4 rings (SSSR count). The van der Waals surface area contributed by atoms with Crippen LogP contribution in [0.25, 0.3) is 17.1 Å². The molecule has 0 radical (unpaired) electrons. The summed E-state index contributed by atoms with van der Waals surface area (Å²) in [6.45, 7) is 4.13. The molecular formula is C24H22ClN5O2S. The Morgan fingerprint density at radius 2 is 1.85 bits per heavy atom. The molecule has 0 atom stereocenters. The Kier molecular flexibility index (Phi) is 6.96. The average molecular weight is 480 g/mol. The molecule has 2 aromatic heterocycles. The number of aryl methyl sites for hydroxylation is 2. The molecular weight excluding hydrogens is 458 g/mol. The minimum atomic E-state index is -0.208. The van der Waals surface area contributed by atoms with Gasteiger partial charge in [-0.05, 0) is 67.4 Å². The first-order chi connectivity index (χ1) is 16.0. The fourth-order valence-corrected chi connectivity index (χ4v) is 4.17. The van der Waals surface area contributed by atoms with Gasteiger partial charge in [0, 0.05) is 23.0 Å². The summed E-state index contributed by atoms with van der Waals surface area (Å²) in [6, 6.07) is 15.0. The second kappa shape index (κ2) is 10.1. The SMILES string of the molecule is COc1ccc(Cl)cc1NC(=O)CSc1nnc(-c2ccncc2)n1-c1ccc(C)c(C)c1. The van der Waals surface area contributed by atoms with Crippen molar-refractivity contribution >= 4 is 35.0 Å². The monoisotopic (exact) mass is 479 g/mol. The molecule has 0 aliphatic carbocycles. The van der Waals surface area contributed by atoms with E-state index in [4.69, 9.17) is 16.3 Å². The maximum absolute atomic E-state index is 12.7. The van der Waals surface area contributed by atoms with Gasteiger partial charge in [0.05, 0.1) is 24.2 Å². The van der Waals surface area contributed by atoms with Gasteiger partial charge in [-0.2, -0.15) is 0 Å². The summed E-state index contributed by atoms with van der Waals surface area (Å²) in [7, 11) is 1.54. The molecule has 7 nitrogen and oxygen atoms in total. The Hall–Kier alpha value is -3.36. The number of thioether (sulfide) groups is 1. The van der Waals surface area contributed by atoms with Crippen molar-refractivity contribution < 1.29 is 9.53 Å². The highest BCUT2D eigenvalue weighted by atomic mass is 35.5. The van der Waals surface area contributed by atoms with Crippen molar-refractivity contribution in [2.24, 2.45) is 0 Å². The number of hydrogen-bond acceptors (Lipinski definition) is 6. The number of carbonyl (C=O) groups excluding carboxylic acids is 1. The second-order valence-electron chi connectivity index (χ2n) is 7.33. The van der Waals surface area contributed by atoms with Gasteiger partial charge < -0.3 is 10.1 Å². The number of methoxy groups -OCH3 is 1. The standard InChI is InChI=1S/C24H22ClN5O2S/c1-15-4-6-19(12-16(15)2)30-23(17-8-10-26-11-9-17)28-29-24(30)33-14-22(31)27-20-13-18(25)5-7-21(20)32-3/h4-13H,14H2,1-3H3,(H,27,31). The van der Waals surface area contributed by atoms with E-state index in [-0.39, 0.29) is 11.7 Å². The summed E-state index contributed by atoms with van der Waals surface area (Å²) in [5, 5.41) is 12.8. The van der Waals surface area contributed by atoms with Crippen LogP contribution in [0, 0.1) is 13.8 Å². The zero-order chi connectivity index (χ0) is 23.4. The van der Waals surface area contributed by atoms with E-state index < -0.39 is 0 Å². The number of pyridine rings is 1. The number of rotatable bonds is 7. The predicted molar refractivity (Wildman–Crippen MR) is 131 cm³/mol. The molecule has 0 unspecified atom stereocenters. The largest absolute Gasteiger partial charge is 0.495 e. The summed E-state index contributed by atoms with van der Waals surface area (Å²) < 4.78 is 7.26. The highest BCUT2D eigenvalue weighted by molar-refractivity contribution is 7.99. The number of carbonyl (C=O) groups is 1. The van der Waals surface area contributed by atoms with Crippen LogP contribution >= 0.6 is 23.4 Å². The van der Waals surface area contributed by atoms with Crippen molar-refractivity contribution in [1.29, 1.82) is 0 Å². The van der Waals surface area contributed by atoms with Crippen molar-refractivity contribution in [2.45, 2.75) is 19.0 Å².